The van der Waals surface area contributed by atoms with Crippen LogP contribution in [0.2, 0.25) is 0 Å². The predicted octanol–water partition coefficient (Wildman–Crippen LogP) is 0.138. The summed E-state index contributed by atoms with van der Waals surface area (Å²) in [5, 5.41) is 20.3. The van der Waals surface area contributed by atoms with Gasteiger partial charge in [0.15, 0.2) is 0 Å². The lowest BCUT2D eigenvalue weighted by Gasteiger charge is -1.90. The molecule has 11 heavy (non-hydrogen) atoms. The Morgan fingerprint density at radius 3 is 3.18 bits per heavy atom. The Labute approximate surface area is 62.3 Å². The molecule has 0 radical (unpaired) electrons. The highest BCUT2D eigenvalue weighted by Crippen LogP contribution is 2.11. The Hall–Kier alpha value is -1.65. The molecule has 0 aliphatic carbocycles. The topological polar surface area (TPSA) is 63.3 Å². The molecule has 5 heteroatoms. The zero-order chi connectivity index (χ0) is 7.84. The van der Waals surface area contributed by atoms with Crippen molar-refractivity contribution in [3.63, 3.8) is 0 Å². The van der Waals surface area contributed by atoms with Gasteiger partial charge in [0.1, 0.15) is 11.3 Å². The molecule has 0 bridgehead atoms. The van der Waals surface area contributed by atoms with Gasteiger partial charge >= 0.3 is 0 Å². The number of hydrogen-bond donors (Lipinski definition) is 1. The van der Waals surface area contributed by atoms with Crippen LogP contribution in [0.4, 0.5) is 0 Å². The van der Waals surface area contributed by atoms with Crippen molar-refractivity contribution in [2.75, 3.05) is 0 Å². The van der Waals surface area contributed by atoms with Crippen molar-refractivity contribution in [2.24, 2.45) is 0 Å². The van der Waals surface area contributed by atoms with Gasteiger partial charge in [-0.1, -0.05) is 0 Å². The van der Waals surface area contributed by atoms with E-state index in [-0.39, 0.29) is 5.75 Å². The first-order chi connectivity index (χ1) is 5.27. The predicted molar refractivity (Wildman–Crippen MR) is 37.2 cm³/mol. The van der Waals surface area contributed by atoms with Crippen LogP contribution in [0.5, 0.6) is 5.75 Å². The molecule has 56 valence electrons. The van der Waals surface area contributed by atoms with Crippen molar-refractivity contribution in [1.29, 1.82) is 0 Å². The molecule has 0 unspecified atom stereocenters. The number of aromatic nitrogens is 4. The minimum absolute atomic E-state index is 0.128. The number of aryl methyl sites for hydroxylation is 1. The van der Waals surface area contributed by atoms with E-state index in [0.29, 0.717) is 0 Å². The second kappa shape index (κ2) is 1.91. The van der Waals surface area contributed by atoms with E-state index in [1.54, 1.807) is 6.07 Å². The van der Waals surface area contributed by atoms with Gasteiger partial charge in [-0.15, -0.1) is 9.73 Å². The van der Waals surface area contributed by atoms with Crippen molar-refractivity contribution >= 4 is 5.52 Å². The number of aromatic hydroxyl groups is 1. The minimum Gasteiger partial charge on any atom is -0.506 e. The Balaban J connectivity index is 2.87. The van der Waals surface area contributed by atoms with Gasteiger partial charge in [0, 0.05) is 6.07 Å². The minimum atomic E-state index is 0.128. The molecule has 5 nitrogen and oxygen atoms in total. The first-order valence-electron chi connectivity index (χ1n) is 3.15. The second-order valence-corrected chi connectivity index (χ2v) is 2.26. The number of rotatable bonds is 0. The number of nitrogens with zero attached hydrogens (tertiary/aromatic N) is 4. The summed E-state index contributed by atoms with van der Waals surface area (Å²) in [5.41, 5.74) is 1.48. The summed E-state index contributed by atoms with van der Waals surface area (Å²) < 4.78 is 1.37. The van der Waals surface area contributed by atoms with E-state index in [1.165, 1.54) is 10.8 Å². The van der Waals surface area contributed by atoms with E-state index in [9.17, 15) is 0 Å². The zero-order valence-electron chi connectivity index (χ0n) is 5.89. The Morgan fingerprint density at radius 1 is 1.55 bits per heavy atom. The molecule has 1 N–H and O–H groups in total. The summed E-state index contributed by atoms with van der Waals surface area (Å²) in [6, 6.07) is 1.57. The summed E-state index contributed by atoms with van der Waals surface area (Å²) in [6.45, 7) is 1.81. The molecule has 0 spiro atoms. The molecule has 0 fully saturated rings. The highest BCUT2D eigenvalue weighted by Gasteiger charge is 2.01. The van der Waals surface area contributed by atoms with Gasteiger partial charge in [0.2, 0.25) is 0 Å². The van der Waals surface area contributed by atoms with Crippen LogP contribution >= 0.6 is 0 Å². The van der Waals surface area contributed by atoms with Crippen molar-refractivity contribution in [2.45, 2.75) is 6.92 Å². The molecule has 0 aliphatic rings. The molecule has 0 aromatic carbocycles. The summed E-state index contributed by atoms with van der Waals surface area (Å²) in [7, 11) is 0. The van der Waals surface area contributed by atoms with Crippen LogP contribution in [0.1, 0.15) is 5.69 Å². The lowest BCUT2D eigenvalue weighted by atomic mass is 10.4. The molecule has 2 rings (SSSR count). The number of hydrogen-bond acceptors (Lipinski definition) is 4. The molecular formula is C6H6N4O. The fourth-order valence-electron chi connectivity index (χ4n) is 0.892. The second-order valence-electron chi connectivity index (χ2n) is 2.26. The fourth-order valence-corrected chi connectivity index (χ4v) is 0.892. The van der Waals surface area contributed by atoms with Gasteiger partial charge in [-0.3, -0.25) is 0 Å². The maximum Gasteiger partial charge on any atom is 0.137 e. The van der Waals surface area contributed by atoms with Gasteiger partial charge in [-0.2, -0.15) is 5.10 Å². The molecular weight excluding hydrogens is 144 g/mol. The summed E-state index contributed by atoms with van der Waals surface area (Å²) in [4.78, 5) is 0. The van der Waals surface area contributed by atoms with E-state index in [1.807, 2.05) is 6.92 Å². The van der Waals surface area contributed by atoms with Crippen molar-refractivity contribution < 1.29 is 5.11 Å². The Morgan fingerprint density at radius 2 is 2.36 bits per heavy atom. The average Bonchev–Trinajstić information content (AvgIpc) is 2.33. The highest BCUT2D eigenvalue weighted by molar-refractivity contribution is 5.51. The quantitative estimate of drug-likeness (QED) is 0.580. The Bertz CT molecular complexity index is 394. The van der Waals surface area contributed by atoms with Crippen molar-refractivity contribution in [3.05, 3.63) is 18.0 Å². The fraction of sp³-hybridized carbons (Fsp3) is 0.167. The Kier molecular flexibility index (Phi) is 1.06. The van der Waals surface area contributed by atoms with Gasteiger partial charge < -0.3 is 5.11 Å². The normalized spacial score (nSPS) is 10.6. The standard InChI is InChI=1S/C6H6N4O/c1-4-6-2-5(11)3-7-10(6)9-8-4/h2-3,11H,1H3. The lowest BCUT2D eigenvalue weighted by Crippen LogP contribution is -1.91. The van der Waals surface area contributed by atoms with Crippen LogP contribution in [0.15, 0.2) is 12.3 Å². The third kappa shape index (κ3) is 0.813. The van der Waals surface area contributed by atoms with Crippen LogP contribution < -0.4 is 0 Å². The maximum absolute atomic E-state index is 9.04. The zero-order valence-corrected chi connectivity index (χ0v) is 5.89. The van der Waals surface area contributed by atoms with E-state index in [2.05, 4.69) is 15.4 Å². The van der Waals surface area contributed by atoms with Gasteiger partial charge in [0.05, 0.1) is 11.9 Å². The number of fused-ring (bicyclic) bond motifs is 1. The molecule has 0 amide bonds. The average molecular weight is 150 g/mol. The van der Waals surface area contributed by atoms with Crippen molar-refractivity contribution in [3.8, 4) is 5.75 Å². The summed E-state index contributed by atoms with van der Waals surface area (Å²) in [6.07, 6.45) is 1.32. The van der Waals surface area contributed by atoms with Gasteiger partial charge in [-0.05, 0) is 12.1 Å². The first kappa shape index (κ1) is 6.09. The third-order valence-electron chi connectivity index (χ3n) is 1.45. The third-order valence-corrected chi connectivity index (χ3v) is 1.45. The SMILES string of the molecule is Cc1nnn2ncc(O)cc12. The monoisotopic (exact) mass is 150 g/mol. The summed E-state index contributed by atoms with van der Waals surface area (Å²) >= 11 is 0. The lowest BCUT2D eigenvalue weighted by molar-refractivity contribution is 0.469. The van der Waals surface area contributed by atoms with E-state index in [4.69, 9.17) is 5.11 Å². The maximum atomic E-state index is 9.04. The van der Waals surface area contributed by atoms with Crippen LogP contribution in [0.25, 0.3) is 5.52 Å². The van der Waals surface area contributed by atoms with E-state index >= 15 is 0 Å². The largest absolute Gasteiger partial charge is 0.506 e. The molecule has 2 aromatic heterocycles. The molecule has 0 saturated carbocycles. The molecule has 2 heterocycles. The van der Waals surface area contributed by atoms with Crippen molar-refractivity contribution in [1.82, 2.24) is 20.0 Å². The van der Waals surface area contributed by atoms with Crippen LogP contribution in [-0.2, 0) is 0 Å². The van der Waals surface area contributed by atoms with Gasteiger partial charge in [-0.25, -0.2) is 0 Å². The van der Waals surface area contributed by atoms with Crippen LogP contribution in [0.3, 0.4) is 0 Å². The molecule has 0 aliphatic heterocycles. The smallest absolute Gasteiger partial charge is 0.137 e. The van der Waals surface area contributed by atoms with E-state index in [0.717, 1.165) is 11.2 Å². The molecule has 0 atom stereocenters. The molecule has 2 aromatic rings. The van der Waals surface area contributed by atoms with Gasteiger partial charge in [0.25, 0.3) is 0 Å². The van der Waals surface area contributed by atoms with Crippen LogP contribution in [0, 0.1) is 6.92 Å². The molecule has 0 saturated heterocycles. The summed E-state index contributed by atoms with van der Waals surface area (Å²) in [5.74, 6) is 0.128. The highest BCUT2D eigenvalue weighted by atomic mass is 16.3. The van der Waals surface area contributed by atoms with E-state index < -0.39 is 0 Å². The first-order valence-corrected chi connectivity index (χ1v) is 3.15. The van der Waals surface area contributed by atoms with Crippen LogP contribution in [-0.4, -0.2) is 25.1 Å².